The summed E-state index contributed by atoms with van der Waals surface area (Å²) < 4.78 is 2.02. The molecule has 124 valence electrons. The van der Waals surface area contributed by atoms with Gasteiger partial charge in [0, 0.05) is 31.5 Å². The molecule has 22 heavy (non-hydrogen) atoms. The summed E-state index contributed by atoms with van der Waals surface area (Å²) in [6, 6.07) is 2.50. The van der Waals surface area contributed by atoms with Crippen LogP contribution < -0.4 is 0 Å². The van der Waals surface area contributed by atoms with Crippen LogP contribution in [0.15, 0.2) is 18.5 Å². The van der Waals surface area contributed by atoms with Gasteiger partial charge < -0.3 is 10.0 Å². The van der Waals surface area contributed by atoms with Crippen LogP contribution in [0.1, 0.15) is 32.6 Å². The number of likely N-dealkylation sites (tertiary alicyclic amines) is 2. The van der Waals surface area contributed by atoms with Crippen molar-refractivity contribution in [3.63, 3.8) is 0 Å². The lowest BCUT2D eigenvalue weighted by Crippen LogP contribution is -2.45. The Kier molecular flexibility index (Phi) is 5.50. The highest BCUT2D eigenvalue weighted by atomic mass is 16.3. The van der Waals surface area contributed by atoms with E-state index in [1.54, 1.807) is 0 Å². The van der Waals surface area contributed by atoms with Gasteiger partial charge in [-0.15, -0.1) is 0 Å². The fraction of sp³-hybridized carbons (Fsp3) is 0.824. The SMILES string of the molecule is CC1CCN(C[C@@H](O)CN2CCC[C@H]2Cn2cccn2)CC1. The Morgan fingerprint density at radius 2 is 2.00 bits per heavy atom. The van der Waals surface area contributed by atoms with E-state index in [9.17, 15) is 5.11 Å². The van der Waals surface area contributed by atoms with Crippen LogP contribution in [0, 0.1) is 5.92 Å². The normalized spacial score (nSPS) is 26.5. The van der Waals surface area contributed by atoms with Gasteiger partial charge in [0.05, 0.1) is 12.6 Å². The van der Waals surface area contributed by atoms with Gasteiger partial charge in [0.1, 0.15) is 0 Å². The van der Waals surface area contributed by atoms with Crippen molar-refractivity contribution in [2.75, 3.05) is 32.7 Å². The van der Waals surface area contributed by atoms with Crippen molar-refractivity contribution in [3.05, 3.63) is 18.5 Å². The minimum absolute atomic E-state index is 0.230. The van der Waals surface area contributed by atoms with Crippen LogP contribution in [0.3, 0.4) is 0 Å². The number of aliphatic hydroxyl groups excluding tert-OH is 1. The zero-order valence-corrected chi connectivity index (χ0v) is 13.8. The number of piperidine rings is 1. The third-order valence-electron chi connectivity index (χ3n) is 5.25. The van der Waals surface area contributed by atoms with Gasteiger partial charge in [0.15, 0.2) is 0 Å². The molecule has 0 radical (unpaired) electrons. The van der Waals surface area contributed by atoms with Gasteiger partial charge in [-0.3, -0.25) is 9.58 Å². The Balaban J connectivity index is 1.44. The lowest BCUT2D eigenvalue weighted by molar-refractivity contribution is 0.0553. The summed E-state index contributed by atoms with van der Waals surface area (Å²) in [6.07, 6.45) is 8.64. The quantitative estimate of drug-likeness (QED) is 0.864. The molecule has 2 fully saturated rings. The molecule has 2 aliphatic rings. The molecule has 0 saturated carbocycles. The molecule has 0 aromatic carbocycles. The number of aromatic nitrogens is 2. The molecule has 0 unspecified atom stereocenters. The van der Waals surface area contributed by atoms with Crippen molar-refractivity contribution in [3.8, 4) is 0 Å². The van der Waals surface area contributed by atoms with E-state index in [4.69, 9.17) is 0 Å². The van der Waals surface area contributed by atoms with E-state index in [2.05, 4.69) is 21.8 Å². The number of hydrogen-bond donors (Lipinski definition) is 1. The van der Waals surface area contributed by atoms with Crippen LogP contribution in [-0.2, 0) is 6.54 Å². The lowest BCUT2D eigenvalue weighted by atomic mass is 9.99. The highest BCUT2D eigenvalue weighted by Crippen LogP contribution is 2.20. The Morgan fingerprint density at radius 3 is 2.73 bits per heavy atom. The first-order valence-corrected chi connectivity index (χ1v) is 8.82. The van der Waals surface area contributed by atoms with Crippen molar-refractivity contribution < 1.29 is 5.11 Å². The van der Waals surface area contributed by atoms with Crippen molar-refractivity contribution >= 4 is 0 Å². The molecular formula is C17H30N4O. The largest absolute Gasteiger partial charge is 0.390 e. The van der Waals surface area contributed by atoms with Gasteiger partial charge >= 0.3 is 0 Å². The maximum atomic E-state index is 10.5. The van der Waals surface area contributed by atoms with Crippen molar-refractivity contribution in [1.82, 2.24) is 19.6 Å². The molecule has 3 heterocycles. The van der Waals surface area contributed by atoms with Gasteiger partial charge in [0.25, 0.3) is 0 Å². The minimum atomic E-state index is -0.230. The number of β-amino-alcohol motifs (C(OH)–C–C–N with tert-alkyl or cyclic N) is 1. The van der Waals surface area contributed by atoms with E-state index < -0.39 is 0 Å². The van der Waals surface area contributed by atoms with E-state index in [1.807, 2.05) is 23.1 Å². The van der Waals surface area contributed by atoms with E-state index in [-0.39, 0.29) is 6.10 Å². The summed E-state index contributed by atoms with van der Waals surface area (Å²) >= 11 is 0. The number of nitrogens with zero attached hydrogens (tertiary/aromatic N) is 4. The summed E-state index contributed by atoms with van der Waals surface area (Å²) in [4.78, 5) is 4.89. The van der Waals surface area contributed by atoms with Crippen LogP contribution >= 0.6 is 0 Å². The fourth-order valence-corrected chi connectivity index (χ4v) is 3.84. The van der Waals surface area contributed by atoms with Crippen LogP contribution in [0.2, 0.25) is 0 Å². The number of hydrogen-bond acceptors (Lipinski definition) is 4. The second kappa shape index (κ2) is 7.57. The molecule has 1 N–H and O–H groups in total. The maximum absolute atomic E-state index is 10.5. The second-order valence-corrected chi connectivity index (χ2v) is 7.16. The molecule has 2 saturated heterocycles. The zero-order chi connectivity index (χ0) is 15.4. The van der Waals surface area contributed by atoms with Gasteiger partial charge in [-0.05, 0) is 57.3 Å². The molecule has 3 rings (SSSR count). The van der Waals surface area contributed by atoms with Gasteiger partial charge in [-0.2, -0.15) is 5.10 Å². The highest BCUT2D eigenvalue weighted by Gasteiger charge is 2.27. The predicted molar refractivity (Wildman–Crippen MR) is 87.7 cm³/mol. The highest BCUT2D eigenvalue weighted by molar-refractivity contribution is 4.85. The van der Waals surface area contributed by atoms with Crippen LogP contribution in [0.4, 0.5) is 0 Å². The molecule has 0 amide bonds. The molecule has 0 aliphatic carbocycles. The summed E-state index contributed by atoms with van der Waals surface area (Å²) in [7, 11) is 0. The first kappa shape index (κ1) is 16.0. The Bertz CT molecular complexity index is 428. The summed E-state index contributed by atoms with van der Waals surface area (Å²) in [5, 5.41) is 14.8. The summed E-state index contributed by atoms with van der Waals surface area (Å²) in [5.74, 6) is 0.852. The molecule has 2 aliphatic heterocycles. The molecule has 0 spiro atoms. The van der Waals surface area contributed by atoms with Gasteiger partial charge in [0.2, 0.25) is 0 Å². The van der Waals surface area contributed by atoms with E-state index in [0.29, 0.717) is 6.04 Å². The molecule has 0 bridgehead atoms. The summed E-state index contributed by atoms with van der Waals surface area (Å²) in [5.41, 5.74) is 0. The Labute approximate surface area is 133 Å². The Morgan fingerprint density at radius 1 is 1.18 bits per heavy atom. The molecule has 5 nitrogen and oxygen atoms in total. The Hall–Kier alpha value is -0.910. The monoisotopic (exact) mass is 306 g/mol. The number of rotatable bonds is 6. The minimum Gasteiger partial charge on any atom is -0.390 e. The van der Waals surface area contributed by atoms with Crippen molar-refractivity contribution in [2.45, 2.75) is 51.3 Å². The predicted octanol–water partition coefficient (Wildman–Crippen LogP) is 1.44. The zero-order valence-electron chi connectivity index (χ0n) is 13.8. The van der Waals surface area contributed by atoms with Gasteiger partial charge in [-0.25, -0.2) is 0 Å². The smallest absolute Gasteiger partial charge is 0.0793 e. The van der Waals surface area contributed by atoms with Crippen molar-refractivity contribution in [1.29, 1.82) is 0 Å². The van der Waals surface area contributed by atoms with E-state index in [1.165, 1.54) is 25.7 Å². The third-order valence-corrected chi connectivity index (χ3v) is 5.25. The molecular weight excluding hydrogens is 276 g/mol. The molecule has 2 atom stereocenters. The van der Waals surface area contributed by atoms with Crippen LogP contribution in [-0.4, -0.2) is 69.6 Å². The number of aliphatic hydroxyl groups is 1. The maximum Gasteiger partial charge on any atom is 0.0793 e. The molecule has 1 aromatic rings. The van der Waals surface area contributed by atoms with Gasteiger partial charge in [-0.1, -0.05) is 6.92 Å². The first-order chi connectivity index (χ1) is 10.7. The van der Waals surface area contributed by atoms with Crippen molar-refractivity contribution in [2.24, 2.45) is 5.92 Å². The average molecular weight is 306 g/mol. The lowest BCUT2D eigenvalue weighted by Gasteiger charge is -2.33. The topological polar surface area (TPSA) is 44.5 Å². The van der Waals surface area contributed by atoms with E-state index >= 15 is 0 Å². The second-order valence-electron chi connectivity index (χ2n) is 7.16. The standard InChI is InChI=1S/C17H30N4O/c1-15-5-10-19(11-6-15)13-17(22)14-20-8-2-4-16(20)12-21-9-3-7-18-21/h3,7,9,15-17,22H,2,4-6,8,10-14H2,1H3/t16-,17+/m0/s1. The summed E-state index contributed by atoms with van der Waals surface area (Å²) in [6.45, 7) is 8.32. The average Bonchev–Trinajstić information content (AvgIpc) is 3.15. The third kappa shape index (κ3) is 4.31. The van der Waals surface area contributed by atoms with E-state index in [0.717, 1.165) is 45.2 Å². The van der Waals surface area contributed by atoms with Crippen LogP contribution in [0.5, 0.6) is 0 Å². The molecule has 1 aromatic heterocycles. The molecule has 5 heteroatoms. The first-order valence-electron chi connectivity index (χ1n) is 8.82. The van der Waals surface area contributed by atoms with Crippen LogP contribution in [0.25, 0.3) is 0 Å². The fourth-order valence-electron chi connectivity index (χ4n) is 3.84.